The zero-order chi connectivity index (χ0) is 16.4. The fourth-order valence-electron chi connectivity index (χ4n) is 2.50. The minimum absolute atomic E-state index is 0.113. The van der Waals surface area contributed by atoms with Gasteiger partial charge in [0.1, 0.15) is 5.75 Å². The normalized spacial score (nSPS) is 11.2. The number of nitro groups is 1. The Balaban J connectivity index is 2.13. The lowest BCUT2D eigenvalue weighted by atomic mass is 10.0. The van der Waals surface area contributed by atoms with Gasteiger partial charge in [-0.2, -0.15) is 0 Å². The van der Waals surface area contributed by atoms with Crippen LogP contribution in [0.1, 0.15) is 17.0 Å². The molecule has 2 aromatic carbocycles. The predicted octanol–water partition coefficient (Wildman–Crippen LogP) is 4.22. The summed E-state index contributed by atoms with van der Waals surface area (Å²) in [5, 5.41) is 16.8. The van der Waals surface area contributed by atoms with Crippen molar-refractivity contribution in [1.29, 1.82) is 0 Å². The first-order chi connectivity index (χ1) is 11.1. The predicted molar refractivity (Wildman–Crippen MR) is 87.3 cm³/mol. The van der Waals surface area contributed by atoms with E-state index in [1.165, 1.54) is 6.92 Å². The molecule has 0 amide bonds. The quantitative estimate of drug-likeness (QED) is 0.532. The molecule has 0 saturated carbocycles. The third-order valence-corrected chi connectivity index (χ3v) is 3.59. The van der Waals surface area contributed by atoms with E-state index in [9.17, 15) is 10.1 Å². The summed E-state index contributed by atoms with van der Waals surface area (Å²) in [6, 6.07) is 11.7. The Kier molecular flexibility index (Phi) is 3.80. The number of rotatable bonds is 4. The first-order valence-electron chi connectivity index (χ1n) is 6.96. The second-order valence-electron chi connectivity index (χ2n) is 4.97. The highest BCUT2D eigenvalue weighted by atomic mass is 16.6. The number of nitrogens with zero attached hydrogens (tertiary/aromatic N) is 2. The van der Waals surface area contributed by atoms with E-state index in [2.05, 4.69) is 5.16 Å². The van der Waals surface area contributed by atoms with Crippen molar-refractivity contribution in [1.82, 2.24) is 5.16 Å². The van der Waals surface area contributed by atoms with Gasteiger partial charge in [0.2, 0.25) is 5.76 Å². The maximum Gasteiger partial charge on any atom is 0.338 e. The first kappa shape index (κ1) is 14.8. The van der Waals surface area contributed by atoms with Gasteiger partial charge in [-0.3, -0.25) is 10.1 Å². The lowest BCUT2D eigenvalue weighted by molar-refractivity contribution is -0.386. The SMILES string of the molecule is COc1ccc2ccccc2c1/C=C\c1onc(C)c1[N+](=O)[O-]. The van der Waals surface area contributed by atoms with Crippen LogP contribution in [0.15, 0.2) is 40.9 Å². The highest BCUT2D eigenvalue weighted by Gasteiger charge is 2.22. The van der Waals surface area contributed by atoms with Crippen LogP contribution in [0.5, 0.6) is 5.75 Å². The van der Waals surface area contributed by atoms with Crippen LogP contribution in [-0.2, 0) is 0 Å². The van der Waals surface area contributed by atoms with Gasteiger partial charge in [-0.1, -0.05) is 35.5 Å². The van der Waals surface area contributed by atoms with Crippen LogP contribution in [-0.4, -0.2) is 17.2 Å². The number of methoxy groups -OCH3 is 1. The van der Waals surface area contributed by atoms with Crippen molar-refractivity contribution in [3.8, 4) is 5.75 Å². The van der Waals surface area contributed by atoms with Gasteiger partial charge in [-0.25, -0.2) is 0 Å². The molecule has 23 heavy (non-hydrogen) atoms. The zero-order valence-corrected chi connectivity index (χ0v) is 12.6. The molecule has 0 aliphatic heterocycles. The lowest BCUT2D eigenvalue weighted by Crippen LogP contribution is -1.91. The first-order valence-corrected chi connectivity index (χ1v) is 6.96. The number of aryl methyl sites for hydroxylation is 1. The molecular weight excluding hydrogens is 296 g/mol. The van der Waals surface area contributed by atoms with E-state index in [-0.39, 0.29) is 17.1 Å². The summed E-state index contributed by atoms with van der Waals surface area (Å²) in [6.07, 6.45) is 3.29. The minimum atomic E-state index is -0.494. The van der Waals surface area contributed by atoms with Gasteiger partial charge in [0.05, 0.1) is 12.0 Å². The smallest absolute Gasteiger partial charge is 0.338 e. The second-order valence-corrected chi connectivity index (χ2v) is 4.97. The maximum atomic E-state index is 11.1. The average molecular weight is 310 g/mol. The maximum absolute atomic E-state index is 11.1. The minimum Gasteiger partial charge on any atom is -0.496 e. The van der Waals surface area contributed by atoms with Crippen molar-refractivity contribution >= 4 is 28.6 Å². The number of ether oxygens (including phenoxy) is 1. The van der Waals surface area contributed by atoms with Crippen molar-refractivity contribution in [3.05, 3.63) is 63.5 Å². The topological polar surface area (TPSA) is 78.4 Å². The molecule has 3 aromatic rings. The van der Waals surface area contributed by atoms with Crippen LogP contribution in [0.25, 0.3) is 22.9 Å². The van der Waals surface area contributed by atoms with Crippen LogP contribution >= 0.6 is 0 Å². The fraction of sp³-hybridized carbons (Fsp3) is 0.118. The van der Waals surface area contributed by atoms with Crippen molar-refractivity contribution < 1.29 is 14.2 Å². The number of hydrogen-bond acceptors (Lipinski definition) is 5. The summed E-state index contributed by atoms with van der Waals surface area (Å²) in [7, 11) is 1.59. The number of benzene rings is 2. The monoisotopic (exact) mass is 310 g/mol. The number of fused-ring (bicyclic) bond motifs is 1. The molecular formula is C17H14N2O4. The molecule has 0 atom stereocenters. The van der Waals surface area contributed by atoms with Crippen molar-refractivity contribution in [2.45, 2.75) is 6.92 Å². The number of hydrogen-bond donors (Lipinski definition) is 0. The molecule has 0 fully saturated rings. The van der Waals surface area contributed by atoms with Gasteiger partial charge in [0.15, 0.2) is 5.69 Å². The Bertz CT molecular complexity index is 912. The van der Waals surface area contributed by atoms with E-state index in [1.54, 1.807) is 19.3 Å². The van der Waals surface area contributed by atoms with E-state index in [1.807, 2.05) is 36.4 Å². The summed E-state index contributed by atoms with van der Waals surface area (Å²) in [6.45, 7) is 1.54. The molecule has 1 heterocycles. The van der Waals surface area contributed by atoms with E-state index >= 15 is 0 Å². The summed E-state index contributed by atoms with van der Waals surface area (Å²) in [5.74, 6) is 0.793. The number of aromatic nitrogens is 1. The Hall–Kier alpha value is -3.15. The van der Waals surface area contributed by atoms with E-state index in [0.717, 1.165) is 16.3 Å². The van der Waals surface area contributed by atoms with Gasteiger partial charge in [-0.15, -0.1) is 0 Å². The molecule has 0 radical (unpaired) electrons. The average Bonchev–Trinajstić information content (AvgIpc) is 2.93. The lowest BCUT2D eigenvalue weighted by Gasteiger charge is -2.08. The van der Waals surface area contributed by atoms with Gasteiger partial charge in [0, 0.05) is 5.56 Å². The third-order valence-electron chi connectivity index (χ3n) is 3.59. The highest BCUT2D eigenvalue weighted by Crippen LogP contribution is 2.31. The van der Waals surface area contributed by atoms with Crippen molar-refractivity contribution in [2.24, 2.45) is 0 Å². The molecule has 0 spiro atoms. The molecule has 0 bridgehead atoms. The van der Waals surface area contributed by atoms with Crippen molar-refractivity contribution in [3.63, 3.8) is 0 Å². The molecule has 3 rings (SSSR count). The van der Waals surface area contributed by atoms with Crippen LogP contribution in [0.2, 0.25) is 0 Å². The van der Waals surface area contributed by atoms with Crippen LogP contribution in [0.3, 0.4) is 0 Å². The second kappa shape index (κ2) is 5.92. The molecule has 6 nitrogen and oxygen atoms in total. The third kappa shape index (κ3) is 2.66. The van der Waals surface area contributed by atoms with Crippen LogP contribution < -0.4 is 4.74 Å². The van der Waals surface area contributed by atoms with Crippen molar-refractivity contribution in [2.75, 3.05) is 7.11 Å². The summed E-state index contributed by atoms with van der Waals surface area (Å²) >= 11 is 0. The van der Waals surface area contributed by atoms with E-state index < -0.39 is 4.92 Å². The molecule has 6 heteroatoms. The van der Waals surface area contributed by atoms with Gasteiger partial charge in [-0.05, 0) is 35.9 Å². The Labute approximate surface area is 132 Å². The van der Waals surface area contributed by atoms with Crippen LogP contribution in [0.4, 0.5) is 5.69 Å². The molecule has 0 N–H and O–H groups in total. The highest BCUT2D eigenvalue weighted by molar-refractivity contribution is 5.95. The summed E-state index contributed by atoms with van der Waals surface area (Å²) < 4.78 is 10.4. The Morgan fingerprint density at radius 1 is 1.22 bits per heavy atom. The van der Waals surface area contributed by atoms with Gasteiger partial charge >= 0.3 is 5.69 Å². The van der Waals surface area contributed by atoms with Gasteiger partial charge in [0.25, 0.3) is 0 Å². The summed E-state index contributed by atoms with van der Waals surface area (Å²) in [5.41, 5.74) is 0.953. The Morgan fingerprint density at radius 2 is 2.00 bits per heavy atom. The zero-order valence-electron chi connectivity index (χ0n) is 12.6. The standard InChI is InChI=1S/C17H14N2O4/c1-11-17(19(20)21)16(23-18-11)10-8-14-13-6-4-3-5-12(13)7-9-15(14)22-2/h3-10H,1-2H3/b10-8-. The molecule has 0 unspecified atom stereocenters. The molecule has 1 aromatic heterocycles. The molecule has 0 saturated heterocycles. The fourth-order valence-corrected chi connectivity index (χ4v) is 2.50. The molecule has 0 aliphatic carbocycles. The largest absolute Gasteiger partial charge is 0.496 e. The molecule has 116 valence electrons. The van der Waals surface area contributed by atoms with E-state index in [4.69, 9.17) is 9.26 Å². The molecule has 0 aliphatic rings. The van der Waals surface area contributed by atoms with Crippen LogP contribution in [0, 0.1) is 17.0 Å². The Morgan fingerprint density at radius 3 is 2.74 bits per heavy atom. The van der Waals surface area contributed by atoms with Gasteiger partial charge < -0.3 is 9.26 Å². The van der Waals surface area contributed by atoms with E-state index in [0.29, 0.717) is 5.75 Å². The summed E-state index contributed by atoms with van der Waals surface area (Å²) in [4.78, 5) is 10.6.